The predicted octanol–water partition coefficient (Wildman–Crippen LogP) is 3.57. The van der Waals surface area contributed by atoms with Gasteiger partial charge in [-0.3, -0.25) is 9.59 Å². The van der Waals surface area contributed by atoms with E-state index in [2.05, 4.69) is 21.7 Å². The highest BCUT2D eigenvalue weighted by Gasteiger charge is 2.33. The molecule has 0 aliphatic carbocycles. The molecule has 10 nitrogen and oxygen atoms in total. The number of nitrogens with one attached hydrogen (secondary N) is 2. The first-order valence-electron chi connectivity index (χ1n) is 13.1. The second-order valence-corrected chi connectivity index (χ2v) is 10.5. The van der Waals surface area contributed by atoms with E-state index in [1.54, 1.807) is 28.8 Å². The summed E-state index contributed by atoms with van der Waals surface area (Å²) >= 11 is 6.51. The third-order valence-electron chi connectivity index (χ3n) is 7.03. The molecule has 40 heavy (non-hydrogen) atoms. The van der Waals surface area contributed by atoms with Crippen LogP contribution in [0.1, 0.15) is 25.8 Å². The van der Waals surface area contributed by atoms with Gasteiger partial charge in [0.05, 0.1) is 16.1 Å². The number of anilines is 3. The zero-order chi connectivity index (χ0) is 29.0. The van der Waals surface area contributed by atoms with Gasteiger partial charge in [0.1, 0.15) is 18.1 Å². The maximum absolute atomic E-state index is 14.5. The van der Waals surface area contributed by atoms with Crippen LogP contribution in [0.25, 0.3) is 10.9 Å². The molecular weight excluding hydrogens is 537 g/mol. The van der Waals surface area contributed by atoms with E-state index < -0.39 is 6.17 Å². The summed E-state index contributed by atoms with van der Waals surface area (Å²) in [7, 11) is 1.49. The van der Waals surface area contributed by atoms with Gasteiger partial charge in [0.15, 0.2) is 18.2 Å². The Hall–Kier alpha value is -3.88. The first-order chi connectivity index (χ1) is 19.2. The molecule has 1 fully saturated rings. The molecule has 2 aromatic heterocycles. The van der Waals surface area contributed by atoms with Crippen molar-refractivity contribution < 1.29 is 13.9 Å². The highest BCUT2D eigenvalue weighted by atomic mass is 35.5. The van der Waals surface area contributed by atoms with Crippen molar-refractivity contribution in [1.82, 2.24) is 14.9 Å². The molecule has 3 heterocycles. The molecule has 1 saturated heterocycles. The molecule has 1 aliphatic heterocycles. The van der Waals surface area contributed by atoms with Gasteiger partial charge in [-0.05, 0) is 43.3 Å². The number of ether oxygens (including phenoxy) is 1. The molecule has 1 unspecified atom stereocenters. The number of rotatable bonds is 9. The minimum Gasteiger partial charge on any atom is -0.478 e. The maximum atomic E-state index is 14.5. The van der Waals surface area contributed by atoms with Crippen LogP contribution in [-0.2, 0) is 11.3 Å². The number of aryl methyl sites for hydroxylation is 1. The molecule has 3 aromatic rings. The molecule has 0 spiro atoms. The fourth-order valence-corrected chi connectivity index (χ4v) is 5.16. The van der Waals surface area contributed by atoms with Crippen LogP contribution in [0.2, 0.25) is 5.02 Å². The molecule has 0 bridgehead atoms. The van der Waals surface area contributed by atoms with Crippen LogP contribution in [0, 0.1) is 23.2 Å². The lowest BCUT2D eigenvalue weighted by Gasteiger charge is -2.38. The number of nitrogens with two attached hydrogens (primary N) is 1. The Morgan fingerprint density at radius 3 is 2.65 bits per heavy atom. The van der Waals surface area contributed by atoms with Crippen LogP contribution in [0.3, 0.4) is 0 Å². The lowest BCUT2D eigenvalue weighted by molar-refractivity contribution is -0.122. The Bertz CT molecular complexity index is 1490. The number of amides is 1. The summed E-state index contributed by atoms with van der Waals surface area (Å²) in [5.74, 6) is 0.0520. The van der Waals surface area contributed by atoms with Crippen molar-refractivity contribution in [3.05, 3.63) is 51.3 Å². The number of hydrogen-bond donors (Lipinski definition) is 3. The smallest absolute Gasteiger partial charge is 0.293 e. The molecule has 3 atom stereocenters. The lowest BCUT2D eigenvalue weighted by atomic mass is 9.89. The molecule has 0 saturated carbocycles. The summed E-state index contributed by atoms with van der Waals surface area (Å²) in [5, 5.41) is 16.4. The van der Waals surface area contributed by atoms with E-state index in [9.17, 15) is 19.2 Å². The second kappa shape index (κ2) is 12.5. The number of benzene rings is 1. The van der Waals surface area contributed by atoms with Gasteiger partial charge in [-0.15, -0.1) is 0 Å². The van der Waals surface area contributed by atoms with Crippen LogP contribution in [0.4, 0.5) is 21.7 Å². The molecule has 212 valence electrons. The second-order valence-electron chi connectivity index (χ2n) is 10.1. The van der Waals surface area contributed by atoms with E-state index in [1.165, 1.54) is 7.05 Å². The van der Waals surface area contributed by atoms with Gasteiger partial charge in [-0.1, -0.05) is 25.4 Å². The van der Waals surface area contributed by atoms with Crippen molar-refractivity contribution in [2.45, 2.75) is 33.0 Å². The summed E-state index contributed by atoms with van der Waals surface area (Å²) in [6.45, 7) is 5.06. The Balaban J connectivity index is 1.71. The van der Waals surface area contributed by atoms with Gasteiger partial charge in [-0.25, -0.2) is 9.37 Å². The summed E-state index contributed by atoms with van der Waals surface area (Å²) in [6, 6.07) is 10.7. The summed E-state index contributed by atoms with van der Waals surface area (Å²) in [6.07, 6.45) is -0.338. The number of nitrogens with zero attached hydrogens (tertiary/aromatic N) is 4. The Morgan fingerprint density at radius 1 is 1.27 bits per heavy atom. The number of nitriles is 1. The molecule has 0 radical (unpaired) electrons. The third kappa shape index (κ3) is 6.13. The Labute approximate surface area is 236 Å². The number of pyridine rings is 2. The number of piperidine rings is 1. The van der Waals surface area contributed by atoms with Crippen molar-refractivity contribution in [3.63, 3.8) is 0 Å². The summed E-state index contributed by atoms with van der Waals surface area (Å²) in [4.78, 5) is 31.4. The minimum atomic E-state index is -0.920. The molecular formula is C28H33ClFN7O3. The number of halogens is 2. The molecule has 4 rings (SSSR count). The van der Waals surface area contributed by atoms with Gasteiger partial charge in [0, 0.05) is 49.6 Å². The van der Waals surface area contributed by atoms with E-state index in [0.29, 0.717) is 66.4 Å². The van der Waals surface area contributed by atoms with E-state index in [4.69, 9.17) is 22.1 Å². The zero-order valence-corrected chi connectivity index (χ0v) is 23.5. The van der Waals surface area contributed by atoms with E-state index in [1.807, 2.05) is 24.8 Å². The van der Waals surface area contributed by atoms with Crippen LogP contribution < -0.4 is 31.6 Å². The third-order valence-corrected chi connectivity index (χ3v) is 7.31. The van der Waals surface area contributed by atoms with Crippen molar-refractivity contribution in [1.29, 1.82) is 5.26 Å². The quantitative estimate of drug-likeness (QED) is 0.355. The SMILES string of the molecule is CNC(=O)COc1cc2cc(Nc3nc(N4C[C@@H](C)C(F)[C@@H](C)C4)c(C#N)cc3Cl)ccc2n(CCCN)c1=O. The number of carbonyl (C=O) groups is 1. The van der Waals surface area contributed by atoms with E-state index in [-0.39, 0.29) is 40.7 Å². The molecule has 12 heteroatoms. The minimum absolute atomic E-state index is 0.0431. The van der Waals surface area contributed by atoms with Crippen LogP contribution in [0.15, 0.2) is 35.1 Å². The Morgan fingerprint density at radius 2 is 2.00 bits per heavy atom. The lowest BCUT2D eigenvalue weighted by Crippen LogP contribution is -2.46. The first-order valence-corrected chi connectivity index (χ1v) is 13.5. The van der Waals surface area contributed by atoms with Crippen molar-refractivity contribution >= 4 is 45.7 Å². The predicted molar refractivity (Wildman–Crippen MR) is 154 cm³/mol. The average molecular weight is 570 g/mol. The standard InChI is InChI=1S/C28H33ClFN7O3/c1-16-13-36(14-17(2)25(16)30)27-19(12-32)10-21(29)26(35-27)34-20-5-6-22-18(9-20)11-23(40-15-24(38)33-3)28(39)37(22)8-4-7-31/h5-6,9-11,16-17,25H,4,7-8,13-15,31H2,1-3H3,(H,33,38)(H,34,35)/t16-,17+,25?. The monoisotopic (exact) mass is 569 g/mol. The van der Waals surface area contributed by atoms with E-state index >= 15 is 0 Å². The number of hydrogen-bond acceptors (Lipinski definition) is 8. The summed E-state index contributed by atoms with van der Waals surface area (Å²) in [5.41, 5.74) is 6.95. The van der Waals surface area contributed by atoms with Gasteiger partial charge in [-0.2, -0.15) is 5.26 Å². The number of carbonyl (C=O) groups excluding carboxylic acids is 1. The van der Waals surface area contributed by atoms with Crippen molar-refractivity contribution in [2.75, 3.05) is 43.5 Å². The molecule has 1 amide bonds. The molecule has 1 aromatic carbocycles. The fraction of sp³-hybridized carbons (Fsp3) is 0.429. The number of alkyl halides is 1. The highest BCUT2D eigenvalue weighted by Crippen LogP contribution is 2.34. The van der Waals surface area contributed by atoms with E-state index in [0.717, 1.165) is 0 Å². The van der Waals surface area contributed by atoms with Crippen LogP contribution in [0.5, 0.6) is 5.75 Å². The number of likely N-dealkylation sites (N-methyl/N-ethyl adjacent to an activating group) is 1. The van der Waals surface area contributed by atoms with Crippen molar-refractivity contribution in [3.8, 4) is 11.8 Å². The molecule has 1 aliphatic rings. The topological polar surface area (TPSA) is 138 Å². The van der Waals surface area contributed by atoms with Gasteiger partial charge in [0.25, 0.3) is 11.5 Å². The number of fused-ring (bicyclic) bond motifs is 1. The fourth-order valence-electron chi connectivity index (χ4n) is 4.96. The largest absolute Gasteiger partial charge is 0.478 e. The van der Waals surface area contributed by atoms with Gasteiger partial charge in [0.2, 0.25) is 0 Å². The Kier molecular flexibility index (Phi) is 9.12. The van der Waals surface area contributed by atoms with Gasteiger partial charge >= 0.3 is 0 Å². The van der Waals surface area contributed by atoms with Crippen LogP contribution in [-0.4, -0.2) is 54.9 Å². The normalized spacial score (nSPS) is 18.8. The van der Waals surface area contributed by atoms with Gasteiger partial charge < -0.3 is 30.6 Å². The van der Waals surface area contributed by atoms with Crippen molar-refractivity contribution in [2.24, 2.45) is 17.6 Å². The number of aromatic nitrogens is 2. The van der Waals surface area contributed by atoms with Crippen LogP contribution >= 0.6 is 11.6 Å². The zero-order valence-electron chi connectivity index (χ0n) is 22.7. The average Bonchev–Trinajstić information content (AvgIpc) is 2.94. The highest BCUT2D eigenvalue weighted by molar-refractivity contribution is 6.33. The maximum Gasteiger partial charge on any atom is 0.293 e. The first kappa shape index (κ1) is 29.1. The molecule has 4 N–H and O–H groups in total. The summed E-state index contributed by atoms with van der Waals surface area (Å²) < 4.78 is 21.6.